The summed E-state index contributed by atoms with van der Waals surface area (Å²) in [4.78, 5) is 26.6. The predicted molar refractivity (Wildman–Crippen MR) is 80.3 cm³/mol. The molecule has 0 spiro atoms. The van der Waals surface area contributed by atoms with Crippen LogP contribution < -0.4 is 5.32 Å². The van der Waals surface area contributed by atoms with E-state index in [1.807, 2.05) is 0 Å². The summed E-state index contributed by atoms with van der Waals surface area (Å²) < 4.78 is 0. The highest BCUT2D eigenvalue weighted by molar-refractivity contribution is 6.31. The van der Waals surface area contributed by atoms with Gasteiger partial charge in [-0.25, -0.2) is 9.78 Å². The van der Waals surface area contributed by atoms with Gasteiger partial charge in [-0.15, -0.1) is 0 Å². The number of benzene rings is 1. The van der Waals surface area contributed by atoms with Gasteiger partial charge in [0.25, 0.3) is 5.91 Å². The van der Waals surface area contributed by atoms with Gasteiger partial charge in [0.1, 0.15) is 5.82 Å². The number of rotatable bonds is 4. The molecule has 2 rings (SSSR count). The zero-order valence-corrected chi connectivity index (χ0v) is 11.5. The van der Waals surface area contributed by atoms with Gasteiger partial charge >= 0.3 is 5.97 Å². The lowest BCUT2D eigenvalue weighted by Gasteiger charge is -2.05. The second-order valence-electron chi connectivity index (χ2n) is 4.08. The van der Waals surface area contributed by atoms with Gasteiger partial charge in [0.15, 0.2) is 0 Å². The van der Waals surface area contributed by atoms with Crippen LogP contribution in [0.25, 0.3) is 6.08 Å². The Labute approximate surface area is 125 Å². The highest BCUT2D eigenvalue weighted by Gasteiger charge is 2.07. The molecule has 0 radical (unpaired) electrons. The van der Waals surface area contributed by atoms with Gasteiger partial charge in [-0.1, -0.05) is 23.7 Å². The van der Waals surface area contributed by atoms with E-state index in [1.54, 1.807) is 42.5 Å². The Morgan fingerprint density at radius 1 is 1.19 bits per heavy atom. The van der Waals surface area contributed by atoms with Gasteiger partial charge < -0.3 is 10.4 Å². The van der Waals surface area contributed by atoms with Crippen LogP contribution >= 0.6 is 11.6 Å². The van der Waals surface area contributed by atoms with E-state index in [0.29, 0.717) is 22.1 Å². The van der Waals surface area contributed by atoms with Crippen molar-refractivity contribution in [2.45, 2.75) is 0 Å². The molecule has 0 fully saturated rings. The Morgan fingerprint density at radius 3 is 2.67 bits per heavy atom. The number of aromatic nitrogens is 1. The van der Waals surface area contributed by atoms with Crippen molar-refractivity contribution in [2.75, 3.05) is 5.32 Å². The Morgan fingerprint density at radius 2 is 1.95 bits per heavy atom. The van der Waals surface area contributed by atoms with E-state index in [0.717, 1.165) is 6.08 Å². The van der Waals surface area contributed by atoms with Crippen molar-refractivity contribution in [1.82, 2.24) is 4.98 Å². The molecule has 0 aliphatic carbocycles. The summed E-state index contributed by atoms with van der Waals surface area (Å²) in [6.07, 6.45) is 2.32. The number of pyridine rings is 1. The standard InChI is InChI=1S/C15H11ClN2O3/c16-11-4-1-3-10(9-11)15(21)18-13-6-2-5-12(17-13)7-8-14(19)20/h1-9H,(H,19,20)(H,17,18,21). The summed E-state index contributed by atoms with van der Waals surface area (Å²) in [7, 11) is 0. The maximum Gasteiger partial charge on any atom is 0.328 e. The fourth-order valence-electron chi connectivity index (χ4n) is 1.59. The van der Waals surface area contributed by atoms with Gasteiger partial charge in [0.2, 0.25) is 0 Å². The number of halogens is 1. The molecule has 0 unspecified atom stereocenters. The molecular weight excluding hydrogens is 292 g/mol. The third-order valence-corrected chi connectivity index (χ3v) is 2.73. The molecule has 6 heteroatoms. The second-order valence-corrected chi connectivity index (χ2v) is 4.52. The summed E-state index contributed by atoms with van der Waals surface area (Å²) in [5, 5.41) is 11.7. The van der Waals surface area contributed by atoms with Crippen molar-refractivity contribution in [3.63, 3.8) is 0 Å². The van der Waals surface area contributed by atoms with Gasteiger partial charge in [-0.05, 0) is 36.4 Å². The first-order valence-electron chi connectivity index (χ1n) is 5.99. The summed E-state index contributed by atoms with van der Waals surface area (Å²) in [5.74, 6) is -1.08. The van der Waals surface area contributed by atoms with E-state index >= 15 is 0 Å². The van der Waals surface area contributed by atoms with Crippen LogP contribution in [-0.4, -0.2) is 22.0 Å². The summed E-state index contributed by atoms with van der Waals surface area (Å²) in [5.41, 5.74) is 0.845. The number of hydrogen-bond donors (Lipinski definition) is 2. The minimum absolute atomic E-state index is 0.326. The molecule has 0 aliphatic rings. The first-order chi connectivity index (χ1) is 10.0. The number of carbonyl (C=O) groups excluding carboxylic acids is 1. The topological polar surface area (TPSA) is 79.3 Å². The van der Waals surface area contributed by atoms with E-state index in [-0.39, 0.29) is 5.91 Å². The van der Waals surface area contributed by atoms with Crippen LogP contribution in [0.3, 0.4) is 0 Å². The Balaban J connectivity index is 2.14. The molecule has 5 nitrogen and oxygen atoms in total. The summed E-state index contributed by atoms with van der Waals surface area (Å²) in [6.45, 7) is 0. The van der Waals surface area contributed by atoms with E-state index in [2.05, 4.69) is 10.3 Å². The minimum atomic E-state index is -1.06. The monoisotopic (exact) mass is 302 g/mol. The molecule has 0 atom stereocenters. The molecule has 0 saturated heterocycles. The second kappa shape index (κ2) is 6.67. The van der Waals surface area contributed by atoms with Crippen LogP contribution in [0.15, 0.2) is 48.5 Å². The quantitative estimate of drug-likeness (QED) is 0.851. The lowest BCUT2D eigenvalue weighted by Crippen LogP contribution is -2.13. The molecule has 0 bridgehead atoms. The lowest BCUT2D eigenvalue weighted by atomic mass is 10.2. The van der Waals surface area contributed by atoms with Crippen molar-refractivity contribution in [1.29, 1.82) is 0 Å². The molecule has 1 aromatic carbocycles. The number of carboxylic acids is 1. The van der Waals surface area contributed by atoms with Crippen molar-refractivity contribution in [3.05, 3.63) is 64.8 Å². The van der Waals surface area contributed by atoms with Crippen LogP contribution in [0.2, 0.25) is 5.02 Å². The van der Waals surface area contributed by atoms with Crippen LogP contribution in [0.1, 0.15) is 16.1 Å². The van der Waals surface area contributed by atoms with Gasteiger partial charge in [-0.2, -0.15) is 0 Å². The van der Waals surface area contributed by atoms with E-state index in [4.69, 9.17) is 16.7 Å². The smallest absolute Gasteiger partial charge is 0.328 e. The Hall–Kier alpha value is -2.66. The van der Waals surface area contributed by atoms with E-state index < -0.39 is 5.97 Å². The Kier molecular flexibility index (Phi) is 4.68. The molecule has 1 heterocycles. The Bertz CT molecular complexity index is 714. The van der Waals surface area contributed by atoms with Crippen LogP contribution in [0.4, 0.5) is 5.82 Å². The molecule has 2 aromatic rings. The first kappa shape index (κ1) is 14.7. The fraction of sp³-hybridized carbons (Fsp3) is 0. The highest BCUT2D eigenvalue weighted by Crippen LogP contribution is 2.13. The number of amides is 1. The average molecular weight is 303 g/mol. The van der Waals surface area contributed by atoms with Crippen molar-refractivity contribution in [2.24, 2.45) is 0 Å². The molecule has 106 valence electrons. The molecular formula is C15H11ClN2O3. The largest absolute Gasteiger partial charge is 0.478 e. The third-order valence-electron chi connectivity index (χ3n) is 2.50. The highest BCUT2D eigenvalue weighted by atomic mass is 35.5. The molecule has 2 N–H and O–H groups in total. The zero-order chi connectivity index (χ0) is 15.2. The maximum atomic E-state index is 12.0. The zero-order valence-electron chi connectivity index (χ0n) is 10.8. The molecule has 1 aromatic heterocycles. The molecule has 1 amide bonds. The minimum Gasteiger partial charge on any atom is -0.478 e. The third kappa shape index (κ3) is 4.43. The normalized spacial score (nSPS) is 10.5. The van der Waals surface area contributed by atoms with Crippen LogP contribution in [0.5, 0.6) is 0 Å². The predicted octanol–water partition coefficient (Wildman–Crippen LogP) is 3.09. The number of nitrogens with one attached hydrogen (secondary N) is 1. The van der Waals surface area contributed by atoms with Crippen molar-refractivity contribution in [3.8, 4) is 0 Å². The van der Waals surface area contributed by atoms with Crippen LogP contribution in [-0.2, 0) is 4.79 Å². The number of hydrogen-bond acceptors (Lipinski definition) is 3. The van der Waals surface area contributed by atoms with Crippen molar-refractivity contribution >= 4 is 35.4 Å². The van der Waals surface area contributed by atoms with Gasteiger partial charge in [-0.3, -0.25) is 4.79 Å². The molecule has 0 aliphatic heterocycles. The maximum absolute atomic E-state index is 12.0. The first-order valence-corrected chi connectivity index (χ1v) is 6.37. The lowest BCUT2D eigenvalue weighted by molar-refractivity contribution is -0.131. The van der Waals surface area contributed by atoms with E-state index in [9.17, 15) is 9.59 Å². The van der Waals surface area contributed by atoms with Gasteiger partial charge in [0.05, 0.1) is 5.69 Å². The number of carboxylic acid groups (broad SMARTS) is 1. The van der Waals surface area contributed by atoms with Gasteiger partial charge in [0, 0.05) is 16.7 Å². The number of carbonyl (C=O) groups is 2. The molecule has 21 heavy (non-hydrogen) atoms. The number of aliphatic carboxylic acids is 1. The van der Waals surface area contributed by atoms with E-state index in [1.165, 1.54) is 6.08 Å². The SMILES string of the molecule is O=C(O)C=Cc1cccc(NC(=O)c2cccc(Cl)c2)n1. The summed E-state index contributed by atoms with van der Waals surface area (Å²) >= 11 is 5.83. The van der Waals surface area contributed by atoms with Crippen molar-refractivity contribution < 1.29 is 14.7 Å². The fourth-order valence-corrected chi connectivity index (χ4v) is 1.78. The average Bonchev–Trinajstić information content (AvgIpc) is 2.45. The number of nitrogens with zero attached hydrogens (tertiary/aromatic N) is 1. The van der Waals surface area contributed by atoms with Crippen LogP contribution in [0, 0.1) is 0 Å². The number of anilines is 1. The molecule has 0 saturated carbocycles. The summed E-state index contributed by atoms with van der Waals surface area (Å²) in [6, 6.07) is 11.4.